The van der Waals surface area contributed by atoms with Gasteiger partial charge in [-0.2, -0.15) is 26.3 Å². The zero-order chi connectivity index (χ0) is 24.0. The van der Waals surface area contributed by atoms with Gasteiger partial charge in [-0.15, -0.1) is 0 Å². The molecule has 0 aliphatic carbocycles. The lowest BCUT2D eigenvalue weighted by molar-refractivity contribution is -0.138. The van der Waals surface area contributed by atoms with E-state index < -0.39 is 29.4 Å². The number of fused-ring (bicyclic) bond motifs is 1. The van der Waals surface area contributed by atoms with Gasteiger partial charge in [0.1, 0.15) is 5.82 Å². The smallest absolute Gasteiger partial charge is 0.267 e. The van der Waals surface area contributed by atoms with Gasteiger partial charge in [0.25, 0.3) is 5.91 Å². The number of nitrogens with zero attached hydrogens (tertiary/aromatic N) is 3. The van der Waals surface area contributed by atoms with Crippen LogP contribution >= 0.6 is 0 Å². The fourth-order valence-electron chi connectivity index (χ4n) is 3.47. The first-order valence-corrected chi connectivity index (χ1v) is 9.56. The molecule has 33 heavy (non-hydrogen) atoms. The topological polar surface area (TPSA) is 36.4 Å². The van der Waals surface area contributed by atoms with Gasteiger partial charge in [-0.1, -0.05) is 18.2 Å². The van der Waals surface area contributed by atoms with Gasteiger partial charge in [0.05, 0.1) is 22.4 Å². The lowest BCUT2D eigenvalue weighted by atomic mass is 10.0. The number of carbonyl (C=O) groups excluding carboxylic acids is 1. The average Bonchev–Trinajstić information content (AvgIpc) is 3.04. The van der Waals surface area contributed by atoms with Crippen LogP contribution in [0.15, 0.2) is 66.9 Å². The maximum atomic E-state index is 13.3. The molecule has 1 aliphatic heterocycles. The summed E-state index contributed by atoms with van der Waals surface area (Å²) in [5, 5.41) is 2.51. The Morgan fingerprint density at radius 2 is 1.48 bits per heavy atom. The molecule has 0 spiro atoms. The third-order valence-corrected chi connectivity index (χ3v) is 5.10. The van der Waals surface area contributed by atoms with Crippen LogP contribution < -0.4 is 5.01 Å². The molecular weight excluding hydrogens is 448 g/mol. The van der Waals surface area contributed by atoms with E-state index in [1.54, 1.807) is 18.2 Å². The van der Waals surface area contributed by atoms with E-state index in [0.717, 1.165) is 35.3 Å². The zero-order valence-electron chi connectivity index (χ0n) is 16.9. The normalized spacial score (nSPS) is 15.2. The molecule has 0 atom stereocenters. The Balaban J connectivity index is 1.86. The Hall–Kier alpha value is -3.82. The van der Waals surface area contributed by atoms with Crippen molar-refractivity contribution in [1.29, 1.82) is 0 Å². The van der Waals surface area contributed by atoms with Gasteiger partial charge in [-0.05, 0) is 54.1 Å². The van der Waals surface area contributed by atoms with Gasteiger partial charge in [-0.3, -0.25) is 9.80 Å². The second-order valence-electron chi connectivity index (χ2n) is 7.24. The van der Waals surface area contributed by atoms with Crippen molar-refractivity contribution in [3.05, 3.63) is 94.7 Å². The van der Waals surface area contributed by atoms with Gasteiger partial charge in [0, 0.05) is 18.8 Å². The Bertz CT molecular complexity index is 1220. The second-order valence-corrected chi connectivity index (χ2v) is 7.24. The van der Waals surface area contributed by atoms with Crippen LogP contribution in [0.25, 0.3) is 11.8 Å². The minimum absolute atomic E-state index is 0.0116. The number of hydrazine groups is 1. The molecule has 0 bridgehead atoms. The molecule has 1 aromatic heterocycles. The van der Waals surface area contributed by atoms with E-state index in [1.807, 2.05) is 0 Å². The molecule has 1 amide bonds. The van der Waals surface area contributed by atoms with Crippen molar-refractivity contribution in [3.63, 3.8) is 0 Å². The highest BCUT2D eigenvalue weighted by Gasteiger charge is 2.39. The number of alkyl halides is 6. The van der Waals surface area contributed by atoms with Gasteiger partial charge < -0.3 is 0 Å². The quantitative estimate of drug-likeness (QED) is 0.439. The molecule has 0 unspecified atom stereocenters. The Kier molecular flexibility index (Phi) is 5.39. The van der Waals surface area contributed by atoms with Crippen molar-refractivity contribution in [2.75, 3.05) is 12.1 Å². The first kappa shape index (κ1) is 22.4. The summed E-state index contributed by atoms with van der Waals surface area (Å²) in [7, 11) is 1.51. The number of anilines is 1. The van der Waals surface area contributed by atoms with Crippen molar-refractivity contribution in [2.45, 2.75) is 12.4 Å². The van der Waals surface area contributed by atoms with Crippen LogP contribution in [0.4, 0.5) is 32.2 Å². The van der Waals surface area contributed by atoms with Crippen molar-refractivity contribution in [1.82, 2.24) is 9.99 Å². The number of halogens is 6. The largest absolute Gasteiger partial charge is 0.416 e. The summed E-state index contributed by atoms with van der Waals surface area (Å²) in [4.78, 5) is 17.3. The summed E-state index contributed by atoms with van der Waals surface area (Å²) in [5.41, 5.74) is -1.42. The van der Waals surface area contributed by atoms with E-state index in [-0.39, 0.29) is 22.4 Å². The van der Waals surface area contributed by atoms with Crippen LogP contribution in [0.1, 0.15) is 32.6 Å². The average molecular weight is 463 g/mol. The minimum Gasteiger partial charge on any atom is -0.267 e. The van der Waals surface area contributed by atoms with E-state index in [1.165, 1.54) is 36.5 Å². The molecule has 2 aromatic carbocycles. The fraction of sp³-hybridized carbons (Fsp3) is 0.130. The van der Waals surface area contributed by atoms with Gasteiger partial charge in [0.2, 0.25) is 0 Å². The molecule has 0 fully saturated rings. The van der Waals surface area contributed by atoms with E-state index in [4.69, 9.17) is 0 Å². The molecule has 1 aliphatic rings. The molecule has 0 saturated carbocycles. The van der Waals surface area contributed by atoms with Crippen LogP contribution in [0.2, 0.25) is 0 Å². The standard InChI is InChI=1S/C23H15F6N3O/c1-31(20-4-2-3-11-30-20)32-19(12-14-5-7-15(8-6-14)22(24,25)26)18-13-16(23(27,28)29)9-10-17(18)21(32)33/h2-13H,1H3. The number of benzene rings is 2. The summed E-state index contributed by atoms with van der Waals surface area (Å²) >= 11 is 0. The number of hydrogen-bond donors (Lipinski definition) is 0. The van der Waals surface area contributed by atoms with E-state index in [0.29, 0.717) is 5.82 Å². The molecule has 0 saturated heterocycles. The van der Waals surface area contributed by atoms with Gasteiger partial charge in [-0.25, -0.2) is 9.99 Å². The summed E-state index contributed by atoms with van der Waals surface area (Å²) in [6.07, 6.45) is -6.32. The lowest BCUT2D eigenvalue weighted by Gasteiger charge is -2.30. The SMILES string of the molecule is CN(c1ccccn1)N1C(=O)c2ccc(C(F)(F)F)cc2C1=Cc1ccc(C(F)(F)F)cc1. The first-order chi connectivity index (χ1) is 15.5. The maximum Gasteiger partial charge on any atom is 0.416 e. The molecule has 3 aromatic rings. The summed E-state index contributed by atoms with van der Waals surface area (Å²) in [6.45, 7) is 0. The second kappa shape index (κ2) is 7.95. The van der Waals surface area contributed by atoms with Crippen molar-refractivity contribution < 1.29 is 31.1 Å². The van der Waals surface area contributed by atoms with Crippen LogP contribution in [-0.2, 0) is 12.4 Å². The number of amides is 1. The van der Waals surface area contributed by atoms with Crippen molar-refractivity contribution in [3.8, 4) is 0 Å². The summed E-state index contributed by atoms with van der Waals surface area (Å²) in [5.74, 6) is -0.252. The number of carbonyl (C=O) groups is 1. The number of pyridine rings is 1. The molecular formula is C23H15F6N3O. The van der Waals surface area contributed by atoms with E-state index >= 15 is 0 Å². The van der Waals surface area contributed by atoms with Crippen LogP contribution in [0.5, 0.6) is 0 Å². The maximum absolute atomic E-state index is 13.3. The third kappa shape index (κ3) is 4.28. The fourth-order valence-corrected chi connectivity index (χ4v) is 3.47. The lowest BCUT2D eigenvalue weighted by Crippen LogP contribution is -2.39. The predicted octanol–water partition coefficient (Wildman–Crippen LogP) is 6.12. The Labute approximate surface area is 184 Å². The zero-order valence-corrected chi connectivity index (χ0v) is 16.9. The summed E-state index contributed by atoms with van der Waals surface area (Å²) < 4.78 is 78.7. The highest BCUT2D eigenvalue weighted by Crippen LogP contribution is 2.40. The molecule has 4 nitrogen and oxygen atoms in total. The number of rotatable bonds is 3. The molecule has 2 heterocycles. The summed E-state index contributed by atoms with van der Waals surface area (Å²) in [6, 6.07) is 11.8. The van der Waals surface area contributed by atoms with Gasteiger partial charge >= 0.3 is 12.4 Å². The number of aromatic nitrogens is 1. The monoisotopic (exact) mass is 463 g/mol. The number of hydrogen-bond acceptors (Lipinski definition) is 3. The van der Waals surface area contributed by atoms with Crippen molar-refractivity contribution in [2.24, 2.45) is 0 Å². The molecule has 10 heteroatoms. The van der Waals surface area contributed by atoms with E-state index in [9.17, 15) is 31.1 Å². The van der Waals surface area contributed by atoms with Gasteiger partial charge in [0.15, 0.2) is 0 Å². The van der Waals surface area contributed by atoms with Crippen LogP contribution in [0.3, 0.4) is 0 Å². The Morgan fingerprint density at radius 1 is 0.848 bits per heavy atom. The third-order valence-electron chi connectivity index (χ3n) is 5.10. The van der Waals surface area contributed by atoms with E-state index in [2.05, 4.69) is 4.98 Å². The van der Waals surface area contributed by atoms with Crippen molar-refractivity contribution >= 4 is 23.5 Å². The first-order valence-electron chi connectivity index (χ1n) is 9.56. The predicted molar refractivity (Wildman–Crippen MR) is 110 cm³/mol. The molecule has 170 valence electrons. The minimum atomic E-state index is -4.64. The molecule has 0 N–H and O–H groups in total. The highest BCUT2D eigenvalue weighted by atomic mass is 19.4. The highest BCUT2D eigenvalue weighted by molar-refractivity contribution is 6.12. The molecule has 4 rings (SSSR count). The van der Waals surface area contributed by atoms with Crippen LogP contribution in [-0.4, -0.2) is 22.9 Å². The Morgan fingerprint density at radius 3 is 2.06 bits per heavy atom. The molecule has 0 radical (unpaired) electrons. The van der Waals surface area contributed by atoms with Crippen LogP contribution in [0, 0.1) is 0 Å².